The Morgan fingerprint density at radius 1 is 1.43 bits per heavy atom. The summed E-state index contributed by atoms with van der Waals surface area (Å²) in [6.45, 7) is 0. The first-order valence-corrected chi connectivity index (χ1v) is 6.63. The molecular weight excluding hydrogens is 258 g/mol. The second kappa shape index (κ2) is 4.60. The molecule has 0 saturated carbocycles. The van der Waals surface area contributed by atoms with Crippen LogP contribution in [-0.2, 0) is 0 Å². The van der Waals surface area contributed by atoms with Gasteiger partial charge in [-0.2, -0.15) is 0 Å². The molecule has 2 rings (SSSR count). The van der Waals surface area contributed by atoms with Gasteiger partial charge in [-0.1, -0.05) is 11.6 Å². The predicted octanol–water partition coefficient (Wildman–Crippen LogP) is 4.01. The molecule has 0 aromatic carbocycles. The first kappa shape index (κ1) is 10.4. The van der Waals surface area contributed by atoms with Gasteiger partial charge in [-0.25, -0.2) is 0 Å². The molecule has 3 heteroatoms. The third-order valence-electron chi connectivity index (χ3n) is 2.65. The summed E-state index contributed by atoms with van der Waals surface area (Å²) < 4.78 is 1.15. The van der Waals surface area contributed by atoms with E-state index in [0.717, 1.165) is 4.47 Å². The molecule has 2 N–H and O–H groups in total. The molecule has 1 nitrogen and oxygen atoms in total. The highest BCUT2D eigenvalue weighted by atomic mass is 79.9. The van der Waals surface area contributed by atoms with Crippen molar-refractivity contribution in [3.63, 3.8) is 0 Å². The standard InChI is InChI=1S/C11H14BrNS/c12-9-6-7-14-11(9)10(13)8-4-2-1-3-5-8/h4,6-7,10H,1-3,5,13H2. The molecule has 1 aromatic rings. The van der Waals surface area contributed by atoms with Crippen molar-refractivity contribution in [3.8, 4) is 0 Å². The Morgan fingerprint density at radius 3 is 2.86 bits per heavy atom. The van der Waals surface area contributed by atoms with Gasteiger partial charge in [0.25, 0.3) is 0 Å². The van der Waals surface area contributed by atoms with Crippen LogP contribution in [0.15, 0.2) is 27.6 Å². The maximum absolute atomic E-state index is 6.23. The molecule has 0 amide bonds. The van der Waals surface area contributed by atoms with E-state index >= 15 is 0 Å². The van der Waals surface area contributed by atoms with E-state index in [1.807, 2.05) is 0 Å². The Kier molecular flexibility index (Phi) is 3.42. The van der Waals surface area contributed by atoms with Crippen LogP contribution in [0.1, 0.15) is 36.6 Å². The van der Waals surface area contributed by atoms with Gasteiger partial charge >= 0.3 is 0 Å². The van der Waals surface area contributed by atoms with Crippen molar-refractivity contribution in [2.45, 2.75) is 31.7 Å². The Labute approximate surface area is 97.1 Å². The maximum Gasteiger partial charge on any atom is 0.0616 e. The van der Waals surface area contributed by atoms with E-state index in [9.17, 15) is 0 Å². The van der Waals surface area contributed by atoms with Gasteiger partial charge in [-0.3, -0.25) is 0 Å². The lowest BCUT2D eigenvalue weighted by Crippen LogP contribution is -2.13. The zero-order chi connectivity index (χ0) is 9.97. The Balaban J connectivity index is 2.19. The molecule has 1 unspecified atom stereocenters. The van der Waals surface area contributed by atoms with Crippen molar-refractivity contribution in [2.75, 3.05) is 0 Å². The van der Waals surface area contributed by atoms with Crippen LogP contribution < -0.4 is 5.73 Å². The highest BCUT2D eigenvalue weighted by Crippen LogP contribution is 2.34. The smallest absolute Gasteiger partial charge is 0.0616 e. The van der Waals surface area contributed by atoms with Crippen LogP contribution in [0, 0.1) is 0 Å². The number of allylic oxidation sites excluding steroid dienone is 1. The van der Waals surface area contributed by atoms with E-state index in [4.69, 9.17) is 5.73 Å². The van der Waals surface area contributed by atoms with Crippen LogP contribution in [0.4, 0.5) is 0 Å². The fourth-order valence-corrected chi connectivity index (χ4v) is 3.50. The number of nitrogens with two attached hydrogens (primary N) is 1. The number of rotatable bonds is 2. The summed E-state index contributed by atoms with van der Waals surface area (Å²) in [6, 6.07) is 2.19. The Morgan fingerprint density at radius 2 is 2.29 bits per heavy atom. The van der Waals surface area contributed by atoms with Gasteiger partial charge in [0, 0.05) is 9.35 Å². The van der Waals surface area contributed by atoms with Crippen LogP contribution >= 0.6 is 27.3 Å². The molecular formula is C11H14BrNS. The highest BCUT2D eigenvalue weighted by molar-refractivity contribution is 9.10. The summed E-state index contributed by atoms with van der Waals surface area (Å²) in [7, 11) is 0. The second-order valence-electron chi connectivity index (χ2n) is 3.64. The van der Waals surface area contributed by atoms with E-state index in [1.165, 1.54) is 36.1 Å². The molecule has 0 bridgehead atoms. The third-order valence-corrected chi connectivity index (χ3v) is 4.61. The summed E-state index contributed by atoms with van der Waals surface area (Å²) in [6.07, 6.45) is 7.31. The molecule has 76 valence electrons. The molecule has 0 fully saturated rings. The number of hydrogen-bond donors (Lipinski definition) is 1. The maximum atomic E-state index is 6.23. The molecule has 1 atom stereocenters. The zero-order valence-corrected chi connectivity index (χ0v) is 10.4. The fraction of sp³-hybridized carbons (Fsp3) is 0.455. The third kappa shape index (κ3) is 2.10. The summed E-state index contributed by atoms with van der Waals surface area (Å²) in [5, 5.41) is 2.09. The van der Waals surface area contributed by atoms with Crippen molar-refractivity contribution >= 4 is 27.3 Å². The minimum Gasteiger partial charge on any atom is -0.320 e. The highest BCUT2D eigenvalue weighted by Gasteiger charge is 2.17. The monoisotopic (exact) mass is 271 g/mol. The molecule has 14 heavy (non-hydrogen) atoms. The van der Waals surface area contributed by atoms with Gasteiger partial charge in [0.15, 0.2) is 0 Å². The normalized spacial score (nSPS) is 19.1. The number of thiophene rings is 1. The van der Waals surface area contributed by atoms with Crippen molar-refractivity contribution < 1.29 is 0 Å². The van der Waals surface area contributed by atoms with E-state index in [1.54, 1.807) is 11.3 Å². The first-order chi connectivity index (χ1) is 6.79. The van der Waals surface area contributed by atoms with Crippen molar-refractivity contribution in [3.05, 3.63) is 32.4 Å². The minimum atomic E-state index is 0.115. The minimum absolute atomic E-state index is 0.115. The van der Waals surface area contributed by atoms with E-state index in [2.05, 4.69) is 33.5 Å². The molecule has 0 aliphatic heterocycles. The average Bonchev–Trinajstić information content (AvgIpc) is 2.65. The Bertz CT molecular complexity index is 343. The molecule has 0 radical (unpaired) electrons. The molecule has 0 saturated heterocycles. The van der Waals surface area contributed by atoms with Gasteiger partial charge in [-0.05, 0) is 53.1 Å². The zero-order valence-electron chi connectivity index (χ0n) is 8.00. The summed E-state index contributed by atoms with van der Waals surface area (Å²) >= 11 is 5.28. The van der Waals surface area contributed by atoms with Crippen LogP contribution in [0.5, 0.6) is 0 Å². The van der Waals surface area contributed by atoms with Crippen LogP contribution in [0.3, 0.4) is 0 Å². The van der Waals surface area contributed by atoms with E-state index in [-0.39, 0.29) is 6.04 Å². The van der Waals surface area contributed by atoms with Gasteiger partial charge in [0.1, 0.15) is 0 Å². The molecule has 1 aliphatic rings. The summed E-state index contributed by atoms with van der Waals surface area (Å²) in [5.41, 5.74) is 7.64. The lowest BCUT2D eigenvalue weighted by atomic mass is 9.94. The number of halogens is 1. The van der Waals surface area contributed by atoms with Crippen LogP contribution in [0.2, 0.25) is 0 Å². The fourth-order valence-electron chi connectivity index (χ4n) is 1.84. The lowest BCUT2D eigenvalue weighted by molar-refractivity contribution is 0.651. The van der Waals surface area contributed by atoms with E-state index in [0.29, 0.717) is 0 Å². The summed E-state index contributed by atoms with van der Waals surface area (Å²) in [4.78, 5) is 1.26. The van der Waals surface area contributed by atoms with Gasteiger partial charge in [-0.15, -0.1) is 11.3 Å². The van der Waals surface area contributed by atoms with Crippen LogP contribution in [-0.4, -0.2) is 0 Å². The molecule has 0 spiro atoms. The topological polar surface area (TPSA) is 26.0 Å². The van der Waals surface area contributed by atoms with Gasteiger partial charge in [0.2, 0.25) is 0 Å². The molecule has 1 heterocycles. The van der Waals surface area contributed by atoms with Crippen molar-refractivity contribution in [1.29, 1.82) is 0 Å². The summed E-state index contributed by atoms with van der Waals surface area (Å²) in [5.74, 6) is 0. The van der Waals surface area contributed by atoms with Crippen molar-refractivity contribution in [2.24, 2.45) is 5.73 Å². The largest absolute Gasteiger partial charge is 0.320 e. The van der Waals surface area contributed by atoms with Crippen molar-refractivity contribution in [1.82, 2.24) is 0 Å². The van der Waals surface area contributed by atoms with Gasteiger partial charge < -0.3 is 5.73 Å². The molecule has 1 aromatic heterocycles. The number of hydrogen-bond acceptors (Lipinski definition) is 2. The average molecular weight is 272 g/mol. The molecule has 1 aliphatic carbocycles. The first-order valence-electron chi connectivity index (χ1n) is 4.96. The van der Waals surface area contributed by atoms with Gasteiger partial charge in [0.05, 0.1) is 6.04 Å². The quantitative estimate of drug-likeness (QED) is 0.809. The van der Waals surface area contributed by atoms with Crippen LogP contribution in [0.25, 0.3) is 0 Å². The second-order valence-corrected chi connectivity index (χ2v) is 5.44. The lowest BCUT2D eigenvalue weighted by Gasteiger charge is -2.18. The van der Waals surface area contributed by atoms with E-state index < -0.39 is 0 Å². The Hall–Kier alpha value is -0.120. The predicted molar refractivity (Wildman–Crippen MR) is 65.5 cm³/mol. The SMILES string of the molecule is NC(C1=CCCCC1)c1sccc1Br.